The predicted octanol–water partition coefficient (Wildman–Crippen LogP) is 3.86. The van der Waals surface area contributed by atoms with Crippen molar-refractivity contribution in [1.29, 1.82) is 0 Å². The molecule has 1 fully saturated rings. The van der Waals surface area contributed by atoms with E-state index in [1.54, 1.807) is 12.1 Å². The van der Waals surface area contributed by atoms with Gasteiger partial charge in [0.25, 0.3) is 0 Å². The highest BCUT2D eigenvalue weighted by atomic mass is 35.5. The van der Waals surface area contributed by atoms with E-state index in [0.29, 0.717) is 11.4 Å². The zero-order valence-electron chi connectivity index (χ0n) is 12.9. The molecular formula is C19H20ClNO2. The molecule has 3 rings (SSSR count). The van der Waals surface area contributed by atoms with Gasteiger partial charge in [-0.3, -0.25) is 0 Å². The SMILES string of the molecule is O=C(OC1(c2ccccc2)CCNCC1)c1ccc(CCl)cc1. The van der Waals surface area contributed by atoms with Gasteiger partial charge < -0.3 is 10.1 Å². The number of carbonyl (C=O) groups is 1. The molecule has 23 heavy (non-hydrogen) atoms. The Balaban J connectivity index is 1.84. The minimum atomic E-state index is -0.547. The van der Waals surface area contributed by atoms with Gasteiger partial charge in [0.15, 0.2) is 0 Å². The summed E-state index contributed by atoms with van der Waals surface area (Å²) in [6, 6.07) is 17.3. The zero-order valence-corrected chi connectivity index (χ0v) is 13.7. The Hall–Kier alpha value is -1.84. The first-order valence-electron chi connectivity index (χ1n) is 7.88. The molecule has 1 N–H and O–H groups in total. The molecule has 0 bridgehead atoms. The largest absolute Gasteiger partial charge is 0.450 e. The first-order valence-corrected chi connectivity index (χ1v) is 8.41. The van der Waals surface area contributed by atoms with Crippen molar-refractivity contribution in [2.24, 2.45) is 0 Å². The van der Waals surface area contributed by atoms with Gasteiger partial charge in [-0.2, -0.15) is 0 Å². The summed E-state index contributed by atoms with van der Waals surface area (Å²) in [5, 5.41) is 3.33. The Bertz CT molecular complexity index is 649. The number of hydrogen-bond donors (Lipinski definition) is 1. The van der Waals surface area contributed by atoms with E-state index in [0.717, 1.165) is 37.1 Å². The van der Waals surface area contributed by atoms with Gasteiger partial charge in [-0.05, 0) is 36.3 Å². The van der Waals surface area contributed by atoms with E-state index < -0.39 is 5.60 Å². The Kier molecular flexibility index (Phi) is 4.99. The molecule has 4 heteroatoms. The van der Waals surface area contributed by atoms with Crippen LogP contribution in [-0.4, -0.2) is 19.1 Å². The lowest BCUT2D eigenvalue weighted by Gasteiger charge is -2.37. The quantitative estimate of drug-likeness (QED) is 0.683. The van der Waals surface area contributed by atoms with Crippen LogP contribution in [0.4, 0.5) is 0 Å². The molecule has 0 amide bonds. The monoisotopic (exact) mass is 329 g/mol. The van der Waals surface area contributed by atoms with Crippen LogP contribution in [0.15, 0.2) is 54.6 Å². The maximum absolute atomic E-state index is 12.6. The molecule has 0 aliphatic carbocycles. The van der Waals surface area contributed by atoms with Crippen LogP contribution >= 0.6 is 11.6 Å². The number of rotatable bonds is 4. The lowest BCUT2D eigenvalue weighted by molar-refractivity contribution is -0.0378. The lowest BCUT2D eigenvalue weighted by atomic mass is 9.84. The number of alkyl halides is 1. The Morgan fingerprint density at radius 3 is 2.30 bits per heavy atom. The summed E-state index contributed by atoms with van der Waals surface area (Å²) in [5.74, 6) is 0.159. The molecule has 1 heterocycles. The first kappa shape index (κ1) is 16.0. The fourth-order valence-corrected chi connectivity index (χ4v) is 3.17. The topological polar surface area (TPSA) is 38.3 Å². The van der Waals surface area contributed by atoms with Crippen LogP contribution in [0.25, 0.3) is 0 Å². The third-order valence-corrected chi connectivity index (χ3v) is 4.65. The van der Waals surface area contributed by atoms with Crippen LogP contribution in [0.2, 0.25) is 0 Å². The van der Waals surface area contributed by atoms with E-state index in [2.05, 4.69) is 5.32 Å². The van der Waals surface area contributed by atoms with Gasteiger partial charge in [0, 0.05) is 18.7 Å². The molecule has 0 atom stereocenters. The molecule has 0 radical (unpaired) electrons. The van der Waals surface area contributed by atoms with Crippen molar-refractivity contribution in [3.8, 4) is 0 Å². The maximum Gasteiger partial charge on any atom is 0.339 e. The van der Waals surface area contributed by atoms with Gasteiger partial charge in [0.1, 0.15) is 5.60 Å². The number of halogens is 1. The minimum Gasteiger partial charge on any atom is -0.450 e. The van der Waals surface area contributed by atoms with Gasteiger partial charge in [0.2, 0.25) is 0 Å². The van der Waals surface area contributed by atoms with Crippen LogP contribution in [0.3, 0.4) is 0 Å². The molecule has 0 saturated carbocycles. The molecule has 1 aliphatic heterocycles. The number of ether oxygens (including phenoxy) is 1. The van der Waals surface area contributed by atoms with Crippen molar-refractivity contribution in [2.75, 3.05) is 13.1 Å². The van der Waals surface area contributed by atoms with E-state index in [1.165, 1.54) is 0 Å². The fraction of sp³-hybridized carbons (Fsp3) is 0.316. The lowest BCUT2D eigenvalue weighted by Crippen LogP contribution is -2.43. The van der Waals surface area contributed by atoms with Crippen LogP contribution in [0.5, 0.6) is 0 Å². The standard InChI is InChI=1S/C19H20ClNO2/c20-14-15-6-8-16(9-7-15)18(22)23-19(10-12-21-13-11-19)17-4-2-1-3-5-17/h1-9,21H,10-14H2. The molecule has 2 aromatic rings. The number of hydrogen-bond acceptors (Lipinski definition) is 3. The highest BCUT2D eigenvalue weighted by Gasteiger charge is 2.37. The molecule has 0 unspecified atom stereocenters. The number of carbonyl (C=O) groups excluding carboxylic acids is 1. The molecule has 120 valence electrons. The van der Waals surface area contributed by atoms with Gasteiger partial charge in [0.05, 0.1) is 5.56 Å². The predicted molar refractivity (Wildman–Crippen MR) is 91.6 cm³/mol. The van der Waals surface area contributed by atoms with E-state index in [4.69, 9.17) is 16.3 Å². The second-order valence-electron chi connectivity index (χ2n) is 5.83. The van der Waals surface area contributed by atoms with E-state index in [-0.39, 0.29) is 5.97 Å². The summed E-state index contributed by atoms with van der Waals surface area (Å²) in [6.07, 6.45) is 1.56. The van der Waals surface area contributed by atoms with Gasteiger partial charge >= 0.3 is 5.97 Å². The third-order valence-electron chi connectivity index (χ3n) is 4.34. The van der Waals surface area contributed by atoms with Crippen molar-refractivity contribution in [2.45, 2.75) is 24.3 Å². The summed E-state index contributed by atoms with van der Waals surface area (Å²) in [6.45, 7) is 1.68. The van der Waals surface area contributed by atoms with E-state index in [1.807, 2.05) is 42.5 Å². The second-order valence-corrected chi connectivity index (χ2v) is 6.10. The van der Waals surface area contributed by atoms with Crippen molar-refractivity contribution >= 4 is 17.6 Å². The van der Waals surface area contributed by atoms with Crippen LogP contribution < -0.4 is 5.32 Å². The minimum absolute atomic E-state index is 0.281. The van der Waals surface area contributed by atoms with Crippen LogP contribution in [0, 0.1) is 0 Å². The zero-order chi connectivity index (χ0) is 16.1. The molecule has 0 spiro atoms. The highest BCUT2D eigenvalue weighted by Crippen LogP contribution is 2.35. The van der Waals surface area contributed by atoms with Crippen molar-refractivity contribution in [3.05, 3.63) is 71.3 Å². The smallest absolute Gasteiger partial charge is 0.339 e. The van der Waals surface area contributed by atoms with Crippen LogP contribution in [-0.2, 0) is 16.2 Å². The molecular weight excluding hydrogens is 310 g/mol. The summed E-state index contributed by atoms with van der Waals surface area (Å²) < 4.78 is 6.01. The second kappa shape index (κ2) is 7.16. The van der Waals surface area contributed by atoms with Gasteiger partial charge in [-0.15, -0.1) is 11.6 Å². The van der Waals surface area contributed by atoms with Gasteiger partial charge in [-0.25, -0.2) is 4.79 Å². The average Bonchev–Trinajstić information content (AvgIpc) is 2.63. The molecule has 1 aliphatic rings. The third kappa shape index (κ3) is 3.57. The molecule has 0 aromatic heterocycles. The number of esters is 1. The number of piperidine rings is 1. The van der Waals surface area contributed by atoms with Crippen molar-refractivity contribution < 1.29 is 9.53 Å². The fourth-order valence-electron chi connectivity index (χ4n) is 2.99. The number of nitrogens with one attached hydrogen (secondary N) is 1. The molecule has 1 saturated heterocycles. The Labute approximate surface area is 141 Å². The Morgan fingerprint density at radius 2 is 1.70 bits per heavy atom. The summed E-state index contributed by atoms with van der Waals surface area (Å²) in [4.78, 5) is 12.6. The molecule has 3 nitrogen and oxygen atoms in total. The summed E-state index contributed by atoms with van der Waals surface area (Å²) in [7, 11) is 0. The summed E-state index contributed by atoms with van der Waals surface area (Å²) in [5.41, 5.74) is 2.07. The normalized spacial score (nSPS) is 16.7. The van der Waals surface area contributed by atoms with E-state index in [9.17, 15) is 4.79 Å². The highest BCUT2D eigenvalue weighted by molar-refractivity contribution is 6.17. The molecule has 2 aromatic carbocycles. The van der Waals surface area contributed by atoms with Crippen LogP contribution in [0.1, 0.15) is 34.3 Å². The number of benzene rings is 2. The maximum atomic E-state index is 12.6. The van der Waals surface area contributed by atoms with Crippen molar-refractivity contribution in [3.63, 3.8) is 0 Å². The van der Waals surface area contributed by atoms with E-state index >= 15 is 0 Å². The van der Waals surface area contributed by atoms with Crippen molar-refractivity contribution in [1.82, 2.24) is 5.32 Å². The van der Waals surface area contributed by atoms with Gasteiger partial charge in [-0.1, -0.05) is 42.5 Å². The average molecular weight is 330 g/mol. The summed E-state index contributed by atoms with van der Waals surface area (Å²) >= 11 is 5.79. The Morgan fingerprint density at radius 1 is 1.04 bits per heavy atom. The first-order chi connectivity index (χ1) is 11.2.